The molecule has 0 spiro atoms. The second-order valence-corrected chi connectivity index (χ2v) is 4.44. The number of nitrogens with zero attached hydrogens (tertiary/aromatic N) is 3. The van der Waals surface area contributed by atoms with Crippen LogP contribution >= 0.6 is 0 Å². The minimum Gasteiger partial charge on any atom is -0.363 e. The molecule has 0 aliphatic carbocycles. The van der Waals surface area contributed by atoms with E-state index in [1.165, 1.54) is 6.20 Å². The highest BCUT2D eigenvalue weighted by Gasteiger charge is 2.07. The van der Waals surface area contributed by atoms with Crippen LogP contribution in [0.4, 0.5) is 11.5 Å². The summed E-state index contributed by atoms with van der Waals surface area (Å²) in [6.45, 7) is 0. The van der Waals surface area contributed by atoms with E-state index < -0.39 is 0 Å². The summed E-state index contributed by atoms with van der Waals surface area (Å²) in [6.07, 6.45) is 1.54. The predicted molar refractivity (Wildman–Crippen MR) is 77.7 cm³/mol. The molecule has 20 heavy (non-hydrogen) atoms. The van der Waals surface area contributed by atoms with Crippen molar-refractivity contribution in [3.8, 4) is 6.07 Å². The molecule has 1 N–H and O–H groups in total. The van der Waals surface area contributed by atoms with Crippen molar-refractivity contribution in [2.24, 2.45) is 0 Å². The lowest BCUT2D eigenvalue weighted by atomic mass is 10.2. The topological polar surface area (TPSA) is 69.0 Å². The van der Waals surface area contributed by atoms with E-state index >= 15 is 0 Å². The molecule has 2 aromatic rings. The van der Waals surface area contributed by atoms with Crippen LogP contribution in [0, 0.1) is 11.3 Å². The molecule has 5 heteroatoms. The van der Waals surface area contributed by atoms with Gasteiger partial charge in [0.15, 0.2) is 0 Å². The molecule has 1 aromatic carbocycles. The number of pyridine rings is 1. The average Bonchev–Trinajstić information content (AvgIpc) is 2.48. The van der Waals surface area contributed by atoms with Crippen LogP contribution in [0.1, 0.15) is 15.9 Å². The number of carbonyl (C=O) groups is 1. The van der Waals surface area contributed by atoms with Gasteiger partial charge in [-0.05, 0) is 36.4 Å². The van der Waals surface area contributed by atoms with Gasteiger partial charge < -0.3 is 10.2 Å². The fraction of sp³-hybridized carbons (Fsp3) is 0.133. The van der Waals surface area contributed by atoms with E-state index in [1.807, 2.05) is 25.1 Å². The Hall–Kier alpha value is -2.87. The smallest absolute Gasteiger partial charge is 0.257 e. The quantitative estimate of drug-likeness (QED) is 0.925. The number of nitriles is 1. The lowest BCUT2D eigenvalue weighted by Gasteiger charge is -2.11. The first-order valence-electron chi connectivity index (χ1n) is 6.05. The highest BCUT2D eigenvalue weighted by atomic mass is 16.1. The lowest BCUT2D eigenvalue weighted by Crippen LogP contribution is -2.14. The van der Waals surface area contributed by atoms with E-state index in [9.17, 15) is 4.79 Å². The molecule has 0 fully saturated rings. The van der Waals surface area contributed by atoms with Crippen molar-refractivity contribution < 1.29 is 4.79 Å². The van der Waals surface area contributed by atoms with Crippen molar-refractivity contribution in [1.82, 2.24) is 4.98 Å². The molecule has 5 nitrogen and oxygen atoms in total. The van der Waals surface area contributed by atoms with Gasteiger partial charge in [-0.15, -0.1) is 0 Å². The predicted octanol–water partition coefficient (Wildman–Crippen LogP) is 2.27. The second kappa shape index (κ2) is 5.85. The lowest BCUT2D eigenvalue weighted by molar-refractivity contribution is 0.102. The maximum absolute atomic E-state index is 12.0. The van der Waals surface area contributed by atoms with Gasteiger partial charge in [-0.2, -0.15) is 5.26 Å². The Morgan fingerprint density at radius 3 is 2.40 bits per heavy atom. The highest BCUT2D eigenvalue weighted by molar-refractivity contribution is 6.04. The summed E-state index contributed by atoms with van der Waals surface area (Å²) in [6, 6.07) is 12.2. The van der Waals surface area contributed by atoms with Crippen LogP contribution in [-0.4, -0.2) is 25.0 Å². The third kappa shape index (κ3) is 3.12. The molecule has 0 radical (unpaired) electrons. The molecule has 2 rings (SSSR count). The van der Waals surface area contributed by atoms with E-state index in [2.05, 4.69) is 10.3 Å². The number of hydrogen-bond donors (Lipinski definition) is 1. The van der Waals surface area contributed by atoms with Crippen LogP contribution < -0.4 is 10.2 Å². The standard InChI is InChI=1S/C15H14N4O/c1-19(2)14-8-5-12(10-17-14)15(20)18-13-6-3-11(9-16)4-7-13/h3-8,10H,1-2H3,(H,18,20). The van der Waals surface area contributed by atoms with Crippen molar-refractivity contribution in [3.05, 3.63) is 53.7 Å². The van der Waals surface area contributed by atoms with Gasteiger partial charge in [0.25, 0.3) is 5.91 Å². The zero-order valence-corrected chi connectivity index (χ0v) is 11.3. The molecule has 0 aliphatic rings. The van der Waals surface area contributed by atoms with Crippen LogP contribution in [0.3, 0.4) is 0 Å². The molecule has 1 heterocycles. The summed E-state index contributed by atoms with van der Waals surface area (Å²) in [4.78, 5) is 18.1. The summed E-state index contributed by atoms with van der Waals surface area (Å²) < 4.78 is 0. The molecule has 0 unspecified atom stereocenters. The van der Waals surface area contributed by atoms with E-state index in [1.54, 1.807) is 36.4 Å². The van der Waals surface area contributed by atoms with Crippen LogP contribution in [-0.2, 0) is 0 Å². The zero-order valence-electron chi connectivity index (χ0n) is 11.3. The van der Waals surface area contributed by atoms with Gasteiger partial charge in [0.2, 0.25) is 0 Å². The number of benzene rings is 1. The van der Waals surface area contributed by atoms with E-state index in [4.69, 9.17) is 5.26 Å². The SMILES string of the molecule is CN(C)c1ccc(C(=O)Nc2ccc(C#N)cc2)cn1. The Kier molecular flexibility index (Phi) is 3.96. The maximum atomic E-state index is 12.0. The summed E-state index contributed by atoms with van der Waals surface area (Å²) >= 11 is 0. The Morgan fingerprint density at radius 1 is 1.20 bits per heavy atom. The Balaban J connectivity index is 2.09. The number of amides is 1. The van der Waals surface area contributed by atoms with E-state index in [-0.39, 0.29) is 5.91 Å². The van der Waals surface area contributed by atoms with Gasteiger partial charge in [-0.3, -0.25) is 4.79 Å². The first kappa shape index (κ1) is 13.6. The molecular formula is C15H14N4O. The Bertz CT molecular complexity index is 639. The van der Waals surface area contributed by atoms with Gasteiger partial charge in [0.05, 0.1) is 17.2 Å². The maximum Gasteiger partial charge on any atom is 0.257 e. The monoisotopic (exact) mass is 266 g/mol. The zero-order chi connectivity index (χ0) is 14.5. The fourth-order valence-corrected chi connectivity index (χ4v) is 1.62. The van der Waals surface area contributed by atoms with Gasteiger partial charge in [-0.1, -0.05) is 0 Å². The Labute approximate surface area is 117 Å². The molecule has 1 amide bonds. The van der Waals surface area contributed by atoms with Crippen molar-refractivity contribution >= 4 is 17.4 Å². The molecule has 0 saturated heterocycles. The number of nitrogens with one attached hydrogen (secondary N) is 1. The normalized spacial score (nSPS) is 9.65. The van der Waals surface area contributed by atoms with Crippen molar-refractivity contribution in [2.75, 3.05) is 24.3 Å². The van der Waals surface area contributed by atoms with Crippen molar-refractivity contribution in [3.63, 3.8) is 0 Å². The van der Waals surface area contributed by atoms with Crippen molar-refractivity contribution in [2.45, 2.75) is 0 Å². The van der Waals surface area contributed by atoms with Gasteiger partial charge in [-0.25, -0.2) is 4.98 Å². The van der Waals surface area contributed by atoms with Crippen LogP contribution in [0.5, 0.6) is 0 Å². The summed E-state index contributed by atoms with van der Waals surface area (Å²) in [5.74, 6) is 0.562. The van der Waals surface area contributed by atoms with Crippen LogP contribution in [0.25, 0.3) is 0 Å². The minimum absolute atomic E-state index is 0.229. The molecule has 0 atom stereocenters. The van der Waals surface area contributed by atoms with Crippen LogP contribution in [0.2, 0.25) is 0 Å². The first-order valence-corrected chi connectivity index (χ1v) is 6.05. The third-order valence-corrected chi connectivity index (χ3v) is 2.74. The fourth-order valence-electron chi connectivity index (χ4n) is 1.62. The Morgan fingerprint density at radius 2 is 1.90 bits per heavy atom. The number of hydrogen-bond acceptors (Lipinski definition) is 4. The van der Waals surface area contributed by atoms with E-state index in [0.29, 0.717) is 16.8 Å². The minimum atomic E-state index is -0.229. The van der Waals surface area contributed by atoms with Crippen molar-refractivity contribution in [1.29, 1.82) is 5.26 Å². The van der Waals surface area contributed by atoms with Crippen LogP contribution in [0.15, 0.2) is 42.6 Å². The largest absolute Gasteiger partial charge is 0.363 e. The molecule has 0 bridgehead atoms. The average molecular weight is 266 g/mol. The molecule has 100 valence electrons. The summed E-state index contributed by atoms with van der Waals surface area (Å²) in [5, 5.41) is 11.5. The number of aromatic nitrogens is 1. The van der Waals surface area contributed by atoms with Gasteiger partial charge >= 0.3 is 0 Å². The number of carbonyl (C=O) groups excluding carboxylic acids is 1. The van der Waals surface area contributed by atoms with Gasteiger partial charge in [0, 0.05) is 26.0 Å². The summed E-state index contributed by atoms with van der Waals surface area (Å²) in [5.41, 5.74) is 1.69. The molecule has 0 saturated carbocycles. The molecule has 1 aromatic heterocycles. The molecular weight excluding hydrogens is 252 g/mol. The third-order valence-electron chi connectivity index (χ3n) is 2.74. The molecule has 0 aliphatic heterocycles. The highest BCUT2D eigenvalue weighted by Crippen LogP contribution is 2.12. The number of rotatable bonds is 3. The van der Waals surface area contributed by atoms with E-state index in [0.717, 1.165) is 5.82 Å². The number of anilines is 2. The van der Waals surface area contributed by atoms with Gasteiger partial charge in [0.1, 0.15) is 5.82 Å². The first-order chi connectivity index (χ1) is 9.60. The second-order valence-electron chi connectivity index (χ2n) is 4.44. The summed E-state index contributed by atoms with van der Waals surface area (Å²) in [7, 11) is 3.78.